The molecule has 0 bridgehead atoms. The van der Waals surface area contributed by atoms with Crippen LogP contribution in [0.3, 0.4) is 0 Å². The van der Waals surface area contributed by atoms with Crippen molar-refractivity contribution in [2.24, 2.45) is 0 Å². The molecule has 8 heteroatoms. The Bertz CT molecular complexity index is 1370. The molecule has 2 aromatic heterocycles. The maximum atomic E-state index is 12.6. The molecule has 0 radical (unpaired) electrons. The summed E-state index contributed by atoms with van der Waals surface area (Å²) in [7, 11) is 0. The highest BCUT2D eigenvalue weighted by molar-refractivity contribution is 6.04. The minimum Gasteiger partial charge on any atom is -0.457 e. The number of rotatable bonds is 7. The Hall–Kier alpha value is -4.98. The van der Waals surface area contributed by atoms with Crippen LogP contribution in [0.5, 0.6) is 23.1 Å². The number of hydrogen-bond donors (Lipinski definition) is 1. The standard InChI is InChI=1S/C26H19N5O3/c32-26(19-7-11-22(12-8-19)33-21-5-2-1-3-6-21)30-20-9-13-23(14-10-20)34-25-17-24(27-18-28-25)31-16-4-15-29-31/h1-18H,(H,30,32). The quantitative estimate of drug-likeness (QED) is 0.353. The normalized spacial score (nSPS) is 10.5. The third kappa shape index (κ3) is 5.08. The third-order valence-electron chi connectivity index (χ3n) is 4.80. The zero-order valence-corrected chi connectivity index (χ0v) is 17.9. The van der Waals surface area contributed by atoms with Crippen molar-refractivity contribution in [2.75, 3.05) is 5.32 Å². The minimum atomic E-state index is -0.223. The number of amides is 1. The molecule has 0 aliphatic carbocycles. The van der Waals surface area contributed by atoms with Gasteiger partial charge in [0.2, 0.25) is 5.88 Å². The summed E-state index contributed by atoms with van der Waals surface area (Å²) in [5, 5.41) is 7.02. The second-order valence-electron chi connectivity index (χ2n) is 7.19. The zero-order valence-electron chi connectivity index (χ0n) is 17.9. The summed E-state index contributed by atoms with van der Waals surface area (Å²) in [6.07, 6.45) is 4.87. The molecule has 0 aliphatic rings. The molecule has 5 rings (SSSR count). The molecule has 0 atom stereocenters. The number of nitrogens with one attached hydrogen (secondary N) is 1. The number of para-hydroxylation sites is 1. The van der Waals surface area contributed by atoms with Gasteiger partial charge in [-0.3, -0.25) is 4.79 Å². The summed E-state index contributed by atoms with van der Waals surface area (Å²) in [4.78, 5) is 20.9. The summed E-state index contributed by atoms with van der Waals surface area (Å²) in [5.41, 5.74) is 1.16. The van der Waals surface area contributed by atoms with Crippen molar-refractivity contribution in [1.29, 1.82) is 0 Å². The summed E-state index contributed by atoms with van der Waals surface area (Å²) in [6, 6.07) is 27.0. The number of nitrogens with zero attached hydrogens (tertiary/aromatic N) is 4. The molecular weight excluding hydrogens is 430 g/mol. The fourth-order valence-electron chi connectivity index (χ4n) is 3.14. The molecule has 0 unspecified atom stereocenters. The van der Waals surface area contributed by atoms with Gasteiger partial charge >= 0.3 is 0 Å². The molecule has 0 spiro atoms. The van der Waals surface area contributed by atoms with Gasteiger partial charge in [0.05, 0.1) is 0 Å². The Kier molecular flexibility index (Phi) is 5.94. The van der Waals surface area contributed by atoms with E-state index in [2.05, 4.69) is 20.4 Å². The lowest BCUT2D eigenvalue weighted by atomic mass is 10.2. The molecule has 8 nitrogen and oxygen atoms in total. The Morgan fingerprint density at radius 3 is 2.21 bits per heavy atom. The van der Waals surface area contributed by atoms with Gasteiger partial charge in [-0.25, -0.2) is 14.6 Å². The van der Waals surface area contributed by atoms with Crippen LogP contribution >= 0.6 is 0 Å². The largest absolute Gasteiger partial charge is 0.457 e. The lowest BCUT2D eigenvalue weighted by molar-refractivity contribution is 0.102. The van der Waals surface area contributed by atoms with Gasteiger partial charge in [-0.1, -0.05) is 18.2 Å². The Morgan fingerprint density at radius 2 is 1.47 bits per heavy atom. The highest BCUT2D eigenvalue weighted by Crippen LogP contribution is 2.24. The average molecular weight is 449 g/mol. The van der Waals surface area contributed by atoms with Gasteiger partial charge in [-0.05, 0) is 66.7 Å². The summed E-state index contributed by atoms with van der Waals surface area (Å²) in [5.74, 6) is 2.73. The van der Waals surface area contributed by atoms with Crippen molar-refractivity contribution in [2.45, 2.75) is 0 Å². The van der Waals surface area contributed by atoms with E-state index >= 15 is 0 Å². The van der Waals surface area contributed by atoms with Crippen molar-refractivity contribution in [3.8, 4) is 28.9 Å². The van der Waals surface area contributed by atoms with E-state index in [4.69, 9.17) is 9.47 Å². The minimum absolute atomic E-state index is 0.223. The van der Waals surface area contributed by atoms with Crippen molar-refractivity contribution < 1.29 is 14.3 Å². The predicted molar refractivity (Wildman–Crippen MR) is 127 cm³/mol. The highest BCUT2D eigenvalue weighted by atomic mass is 16.5. The fourth-order valence-corrected chi connectivity index (χ4v) is 3.14. The van der Waals surface area contributed by atoms with Gasteiger partial charge in [-0.15, -0.1) is 0 Å². The van der Waals surface area contributed by atoms with Crippen LogP contribution < -0.4 is 14.8 Å². The first-order chi connectivity index (χ1) is 16.7. The molecule has 0 aliphatic heterocycles. The van der Waals surface area contributed by atoms with Gasteiger partial charge in [0, 0.05) is 29.7 Å². The van der Waals surface area contributed by atoms with E-state index in [0.29, 0.717) is 34.4 Å². The first-order valence-electron chi connectivity index (χ1n) is 10.5. The van der Waals surface area contributed by atoms with Crippen molar-refractivity contribution >= 4 is 11.6 Å². The molecule has 0 saturated carbocycles. The zero-order chi connectivity index (χ0) is 23.2. The maximum absolute atomic E-state index is 12.6. The topological polar surface area (TPSA) is 91.2 Å². The molecule has 5 aromatic rings. The molecular formula is C26H19N5O3. The summed E-state index contributed by atoms with van der Waals surface area (Å²) >= 11 is 0. The number of aromatic nitrogens is 4. The Balaban J connectivity index is 1.20. The van der Waals surface area contributed by atoms with E-state index in [1.165, 1.54) is 6.33 Å². The molecule has 0 fully saturated rings. The third-order valence-corrected chi connectivity index (χ3v) is 4.80. The van der Waals surface area contributed by atoms with Gasteiger partial charge < -0.3 is 14.8 Å². The van der Waals surface area contributed by atoms with Crippen LogP contribution in [0.1, 0.15) is 10.4 Å². The predicted octanol–water partition coefficient (Wildman–Crippen LogP) is 5.50. The maximum Gasteiger partial charge on any atom is 0.255 e. The van der Waals surface area contributed by atoms with E-state index in [0.717, 1.165) is 5.75 Å². The number of benzene rings is 3. The van der Waals surface area contributed by atoms with Crippen molar-refractivity contribution in [1.82, 2.24) is 19.7 Å². The molecule has 0 saturated heterocycles. The van der Waals surface area contributed by atoms with Crippen LogP contribution in [0.15, 0.2) is 110 Å². The molecule has 1 amide bonds. The van der Waals surface area contributed by atoms with Crippen LogP contribution in [0.4, 0.5) is 5.69 Å². The smallest absolute Gasteiger partial charge is 0.255 e. The number of ether oxygens (including phenoxy) is 2. The number of hydrogen-bond acceptors (Lipinski definition) is 6. The molecule has 3 aromatic carbocycles. The van der Waals surface area contributed by atoms with Crippen LogP contribution in [0.25, 0.3) is 5.82 Å². The van der Waals surface area contributed by atoms with E-state index < -0.39 is 0 Å². The lowest BCUT2D eigenvalue weighted by Gasteiger charge is -2.09. The van der Waals surface area contributed by atoms with E-state index in [9.17, 15) is 4.79 Å². The van der Waals surface area contributed by atoms with E-state index in [-0.39, 0.29) is 5.91 Å². The average Bonchev–Trinajstić information content (AvgIpc) is 3.42. The fraction of sp³-hybridized carbons (Fsp3) is 0. The summed E-state index contributed by atoms with van der Waals surface area (Å²) in [6.45, 7) is 0. The second-order valence-corrected chi connectivity index (χ2v) is 7.19. The van der Waals surface area contributed by atoms with Gasteiger partial charge in [-0.2, -0.15) is 5.10 Å². The number of carbonyl (C=O) groups is 1. The lowest BCUT2D eigenvalue weighted by Crippen LogP contribution is -2.11. The van der Waals surface area contributed by atoms with Crippen LogP contribution in [-0.2, 0) is 0 Å². The summed E-state index contributed by atoms with van der Waals surface area (Å²) < 4.78 is 13.2. The molecule has 1 N–H and O–H groups in total. The monoisotopic (exact) mass is 449 g/mol. The van der Waals surface area contributed by atoms with Crippen LogP contribution in [-0.4, -0.2) is 25.7 Å². The van der Waals surface area contributed by atoms with Gasteiger partial charge in [0.25, 0.3) is 5.91 Å². The highest BCUT2D eigenvalue weighted by Gasteiger charge is 2.08. The van der Waals surface area contributed by atoms with Crippen molar-refractivity contribution in [3.05, 3.63) is 115 Å². The van der Waals surface area contributed by atoms with Crippen LogP contribution in [0, 0.1) is 0 Å². The van der Waals surface area contributed by atoms with Crippen molar-refractivity contribution in [3.63, 3.8) is 0 Å². The first-order valence-corrected chi connectivity index (χ1v) is 10.5. The van der Waals surface area contributed by atoms with Gasteiger partial charge in [0.1, 0.15) is 23.6 Å². The number of carbonyl (C=O) groups excluding carboxylic acids is 1. The Labute approximate surface area is 195 Å². The Morgan fingerprint density at radius 1 is 0.765 bits per heavy atom. The molecule has 166 valence electrons. The SMILES string of the molecule is O=C(Nc1ccc(Oc2cc(-n3cccn3)ncn2)cc1)c1ccc(Oc2ccccc2)cc1. The van der Waals surface area contributed by atoms with E-state index in [1.807, 2.05) is 36.4 Å². The first kappa shape index (κ1) is 20.9. The van der Waals surface area contributed by atoms with E-state index in [1.54, 1.807) is 71.7 Å². The van der Waals surface area contributed by atoms with Crippen LogP contribution in [0.2, 0.25) is 0 Å². The second kappa shape index (κ2) is 9.66. The molecule has 34 heavy (non-hydrogen) atoms. The van der Waals surface area contributed by atoms with Gasteiger partial charge in [0.15, 0.2) is 5.82 Å². The number of anilines is 1. The molecule has 2 heterocycles.